The van der Waals surface area contributed by atoms with E-state index in [0.29, 0.717) is 5.92 Å². The zero-order chi connectivity index (χ0) is 17.4. The first-order valence-electron chi connectivity index (χ1n) is 8.57. The van der Waals surface area contributed by atoms with Crippen molar-refractivity contribution in [1.82, 2.24) is 16.0 Å². The summed E-state index contributed by atoms with van der Waals surface area (Å²) in [4.78, 5) is 24.0. The molecule has 1 saturated carbocycles. The topological polar surface area (TPSA) is 70.2 Å². The van der Waals surface area contributed by atoms with Crippen molar-refractivity contribution in [2.45, 2.75) is 44.7 Å². The maximum absolute atomic E-state index is 12.3. The summed E-state index contributed by atoms with van der Waals surface area (Å²) in [5.41, 5.74) is 1.08. The molecular formula is C18H26FN3O2. The SMILES string of the molecule is CC(NC(=O)NC(c1ccccc1)C1CCCC1)C(=O)NCCF. The minimum atomic E-state index is -0.712. The van der Waals surface area contributed by atoms with Gasteiger partial charge in [-0.05, 0) is 31.2 Å². The number of benzene rings is 1. The van der Waals surface area contributed by atoms with Crippen molar-refractivity contribution >= 4 is 11.9 Å². The first-order valence-corrected chi connectivity index (χ1v) is 8.57. The van der Waals surface area contributed by atoms with Crippen molar-refractivity contribution in [2.24, 2.45) is 5.92 Å². The van der Waals surface area contributed by atoms with E-state index in [1.807, 2.05) is 30.3 Å². The summed E-state index contributed by atoms with van der Waals surface area (Å²) in [6.07, 6.45) is 4.54. The summed E-state index contributed by atoms with van der Waals surface area (Å²) >= 11 is 0. The quantitative estimate of drug-likeness (QED) is 0.717. The van der Waals surface area contributed by atoms with Crippen LogP contribution < -0.4 is 16.0 Å². The normalized spacial score (nSPS) is 17.1. The van der Waals surface area contributed by atoms with Gasteiger partial charge in [-0.3, -0.25) is 4.79 Å². The lowest BCUT2D eigenvalue weighted by molar-refractivity contribution is -0.122. The van der Waals surface area contributed by atoms with Crippen LogP contribution in [0.25, 0.3) is 0 Å². The first-order chi connectivity index (χ1) is 11.6. The second-order valence-corrected chi connectivity index (χ2v) is 6.25. The van der Waals surface area contributed by atoms with Gasteiger partial charge in [-0.15, -0.1) is 0 Å². The Morgan fingerprint density at radius 2 is 1.83 bits per heavy atom. The molecule has 1 aromatic rings. The molecule has 1 aliphatic carbocycles. The molecule has 0 aliphatic heterocycles. The number of hydrogen-bond acceptors (Lipinski definition) is 2. The van der Waals surface area contributed by atoms with Gasteiger partial charge in [0, 0.05) is 6.54 Å². The Hall–Kier alpha value is -2.11. The molecular weight excluding hydrogens is 309 g/mol. The molecule has 1 fully saturated rings. The third-order valence-electron chi connectivity index (χ3n) is 4.45. The number of nitrogens with one attached hydrogen (secondary N) is 3. The van der Waals surface area contributed by atoms with Crippen LogP contribution in [0, 0.1) is 5.92 Å². The van der Waals surface area contributed by atoms with Gasteiger partial charge < -0.3 is 16.0 Å². The maximum atomic E-state index is 12.3. The monoisotopic (exact) mass is 335 g/mol. The van der Waals surface area contributed by atoms with E-state index in [2.05, 4.69) is 16.0 Å². The molecule has 2 unspecified atom stereocenters. The van der Waals surface area contributed by atoms with Gasteiger partial charge in [0.15, 0.2) is 0 Å². The fourth-order valence-corrected chi connectivity index (χ4v) is 3.19. The van der Waals surface area contributed by atoms with Gasteiger partial charge in [0.25, 0.3) is 0 Å². The van der Waals surface area contributed by atoms with Gasteiger partial charge in [-0.1, -0.05) is 43.2 Å². The molecule has 3 N–H and O–H groups in total. The van der Waals surface area contributed by atoms with E-state index in [-0.39, 0.29) is 24.5 Å². The van der Waals surface area contributed by atoms with Crippen molar-refractivity contribution in [3.8, 4) is 0 Å². The number of rotatable bonds is 7. The van der Waals surface area contributed by atoms with Crippen LogP contribution in [0.1, 0.15) is 44.2 Å². The number of hydrogen-bond donors (Lipinski definition) is 3. The number of halogens is 1. The minimum Gasteiger partial charge on any atom is -0.352 e. The van der Waals surface area contributed by atoms with Crippen LogP contribution in [0.3, 0.4) is 0 Å². The van der Waals surface area contributed by atoms with E-state index in [1.54, 1.807) is 6.92 Å². The summed E-state index contributed by atoms with van der Waals surface area (Å²) in [7, 11) is 0. The lowest BCUT2D eigenvalue weighted by Crippen LogP contribution is -2.50. The minimum absolute atomic E-state index is 0.0405. The molecule has 132 valence electrons. The highest BCUT2D eigenvalue weighted by molar-refractivity contribution is 5.86. The molecule has 2 atom stereocenters. The Labute approximate surface area is 142 Å². The van der Waals surface area contributed by atoms with Gasteiger partial charge in [-0.2, -0.15) is 0 Å². The van der Waals surface area contributed by atoms with Gasteiger partial charge in [-0.25, -0.2) is 9.18 Å². The smallest absolute Gasteiger partial charge is 0.315 e. The predicted octanol–water partition coefficient (Wildman–Crippen LogP) is 2.69. The largest absolute Gasteiger partial charge is 0.352 e. The molecule has 3 amide bonds. The zero-order valence-electron chi connectivity index (χ0n) is 14.1. The van der Waals surface area contributed by atoms with Gasteiger partial charge >= 0.3 is 6.03 Å². The molecule has 6 heteroatoms. The van der Waals surface area contributed by atoms with Crippen LogP contribution in [-0.4, -0.2) is 31.2 Å². The molecule has 0 heterocycles. The van der Waals surface area contributed by atoms with Crippen molar-refractivity contribution in [1.29, 1.82) is 0 Å². The summed E-state index contributed by atoms with van der Waals surface area (Å²) < 4.78 is 12.1. The van der Waals surface area contributed by atoms with E-state index >= 15 is 0 Å². The molecule has 0 radical (unpaired) electrons. The molecule has 0 spiro atoms. The van der Waals surface area contributed by atoms with E-state index in [1.165, 1.54) is 12.8 Å². The third kappa shape index (κ3) is 5.22. The number of carbonyl (C=O) groups is 2. The van der Waals surface area contributed by atoms with Crippen LogP contribution in [0.4, 0.5) is 9.18 Å². The Bertz CT molecular complexity index is 532. The standard InChI is InChI=1S/C18H26FN3O2/c1-13(17(23)20-12-11-19)21-18(24)22-16(15-9-5-6-10-15)14-7-3-2-4-8-14/h2-4,7-8,13,15-16H,5-6,9-12H2,1H3,(H,20,23)(H2,21,22,24). The van der Waals surface area contributed by atoms with Crippen molar-refractivity contribution < 1.29 is 14.0 Å². The summed E-state index contributed by atoms with van der Waals surface area (Å²) in [6.45, 7) is 0.920. The Balaban J connectivity index is 1.96. The lowest BCUT2D eigenvalue weighted by Gasteiger charge is -2.26. The molecule has 24 heavy (non-hydrogen) atoms. The molecule has 0 saturated heterocycles. The summed E-state index contributed by atoms with van der Waals surface area (Å²) in [6, 6.07) is 8.76. The van der Waals surface area contributed by atoms with Gasteiger partial charge in [0.05, 0.1) is 6.04 Å². The highest BCUT2D eigenvalue weighted by atomic mass is 19.1. The number of amides is 3. The average molecular weight is 335 g/mol. The molecule has 5 nitrogen and oxygen atoms in total. The number of carbonyl (C=O) groups excluding carboxylic acids is 2. The van der Waals surface area contributed by atoms with Crippen molar-refractivity contribution in [3.63, 3.8) is 0 Å². The Morgan fingerprint density at radius 3 is 2.46 bits per heavy atom. The van der Waals surface area contributed by atoms with Crippen LogP contribution in [-0.2, 0) is 4.79 Å². The van der Waals surface area contributed by atoms with Crippen molar-refractivity contribution in [2.75, 3.05) is 13.2 Å². The highest BCUT2D eigenvalue weighted by Gasteiger charge is 2.28. The third-order valence-corrected chi connectivity index (χ3v) is 4.45. The van der Waals surface area contributed by atoms with Crippen molar-refractivity contribution in [3.05, 3.63) is 35.9 Å². The molecule has 2 rings (SSSR count). The molecule has 1 aliphatic rings. The summed E-state index contributed by atoms with van der Waals surface area (Å²) in [5.74, 6) is 0.0220. The van der Waals surface area contributed by atoms with Crippen LogP contribution in [0.15, 0.2) is 30.3 Å². The van der Waals surface area contributed by atoms with E-state index in [0.717, 1.165) is 18.4 Å². The molecule has 0 aromatic heterocycles. The number of urea groups is 1. The fraction of sp³-hybridized carbons (Fsp3) is 0.556. The number of alkyl halides is 1. The maximum Gasteiger partial charge on any atom is 0.315 e. The summed E-state index contributed by atoms with van der Waals surface area (Å²) in [5, 5.41) is 8.06. The van der Waals surface area contributed by atoms with Gasteiger partial charge in [0.2, 0.25) is 5.91 Å². The second-order valence-electron chi connectivity index (χ2n) is 6.25. The van der Waals surface area contributed by atoms with Crippen LogP contribution >= 0.6 is 0 Å². The first kappa shape index (κ1) is 18.2. The second kappa shape index (κ2) is 9.25. The molecule has 0 bridgehead atoms. The van der Waals surface area contributed by atoms with E-state index in [4.69, 9.17) is 0 Å². The van der Waals surface area contributed by atoms with Crippen LogP contribution in [0.2, 0.25) is 0 Å². The highest BCUT2D eigenvalue weighted by Crippen LogP contribution is 2.35. The fourth-order valence-electron chi connectivity index (χ4n) is 3.19. The van der Waals surface area contributed by atoms with E-state index in [9.17, 15) is 14.0 Å². The van der Waals surface area contributed by atoms with Gasteiger partial charge in [0.1, 0.15) is 12.7 Å². The lowest BCUT2D eigenvalue weighted by atomic mass is 9.92. The Morgan fingerprint density at radius 1 is 1.17 bits per heavy atom. The van der Waals surface area contributed by atoms with E-state index < -0.39 is 12.7 Å². The Kier molecular flexibility index (Phi) is 7.03. The average Bonchev–Trinajstić information content (AvgIpc) is 3.12. The zero-order valence-corrected chi connectivity index (χ0v) is 14.1. The van der Waals surface area contributed by atoms with Crippen LogP contribution in [0.5, 0.6) is 0 Å². The molecule has 1 aromatic carbocycles. The predicted molar refractivity (Wildman–Crippen MR) is 91.3 cm³/mol.